The Hall–Kier alpha value is -3.94. The Kier molecular flexibility index (Phi) is 4.54. The molecule has 0 radical (unpaired) electrons. The smallest absolute Gasteiger partial charge is 0.356 e. The SMILES string of the molecule is CCNc1ccc(-c2nn(-c3ccccc3C)c3c2CCn2nc(C(=O)O)cc2-3)cn1. The van der Waals surface area contributed by atoms with E-state index in [1.807, 2.05) is 61.1 Å². The largest absolute Gasteiger partial charge is 0.476 e. The molecule has 5 rings (SSSR count). The van der Waals surface area contributed by atoms with E-state index in [2.05, 4.69) is 15.4 Å². The molecule has 1 aromatic carbocycles. The number of aromatic carboxylic acids is 1. The molecule has 0 unspecified atom stereocenters. The molecular formula is C23H22N6O2. The molecule has 0 saturated heterocycles. The summed E-state index contributed by atoms with van der Waals surface area (Å²) in [6, 6.07) is 13.6. The number of carboxylic acid groups (broad SMARTS) is 1. The summed E-state index contributed by atoms with van der Waals surface area (Å²) < 4.78 is 3.68. The lowest BCUT2D eigenvalue weighted by molar-refractivity contribution is 0.0689. The second kappa shape index (κ2) is 7.39. The number of carboxylic acids is 1. The Labute approximate surface area is 179 Å². The number of rotatable bonds is 5. The fraction of sp³-hybridized carbons (Fsp3) is 0.217. The van der Waals surface area contributed by atoms with Crippen molar-refractivity contribution in [2.45, 2.75) is 26.8 Å². The monoisotopic (exact) mass is 414 g/mol. The highest BCUT2D eigenvalue weighted by atomic mass is 16.4. The third-order valence-corrected chi connectivity index (χ3v) is 5.54. The lowest BCUT2D eigenvalue weighted by atomic mass is 10.00. The summed E-state index contributed by atoms with van der Waals surface area (Å²) in [4.78, 5) is 16.0. The standard InChI is InChI=1S/C23H22N6O2/c1-3-24-20-9-8-15(13-25-20)21-16-10-11-28-19(12-17(26-28)23(30)31)22(16)29(27-21)18-7-5-4-6-14(18)2/h4-9,12-13H,3,10-11H2,1-2H3,(H,24,25)(H,30,31). The molecule has 0 aliphatic carbocycles. The summed E-state index contributed by atoms with van der Waals surface area (Å²) in [7, 11) is 0. The highest BCUT2D eigenvalue weighted by molar-refractivity contribution is 5.88. The molecule has 3 aromatic heterocycles. The number of carbonyl (C=O) groups is 1. The molecular weight excluding hydrogens is 392 g/mol. The first-order valence-electron chi connectivity index (χ1n) is 10.3. The summed E-state index contributed by atoms with van der Waals surface area (Å²) >= 11 is 0. The Bertz CT molecular complexity index is 1290. The van der Waals surface area contributed by atoms with Crippen LogP contribution >= 0.6 is 0 Å². The number of anilines is 1. The Morgan fingerprint density at radius 3 is 2.74 bits per heavy atom. The Balaban J connectivity index is 1.73. The van der Waals surface area contributed by atoms with Gasteiger partial charge in [0.1, 0.15) is 5.82 Å². The van der Waals surface area contributed by atoms with Gasteiger partial charge in [-0.1, -0.05) is 18.2 Å². The highest BCUT2D eigenvalue weighted by Crippen LogP contribution is 2.38. The van der Waals surface area contributed by atoms with Gasteiger partial charge in [0.2, 0.25) is 0 Å². The predicted molar refractivity (Wildman–Crippen MR) is 118 cm³/mol. The van der Waals surface area contributed by atoms with Gasteiger partial charge in [0.15, 0.2) is 5.69 Å². The lowest BCUT2D eigenvalue weighted by Crippen LogP contribution is -2.14. The average Bonchev–Trinajstić information content (AvgIpc) is 3.37. The van der Waals surface area contributed by atoms with Gasteiger partial charge < -0.3 is 10.4 Å². The molecule has 8 nitrogen and oxygen atoms in total. The summed E-state index contributed by atoms with van der Waals surface area (Å²) in [5.41, 5.74) is 6.58. The van der Waals surface area contributed by atoms with Gasteiger partial charge in [-0.15, -0.1) is 0 Å². The highest BCUT2D eigenvalue weighted by Gasteiger charge is 2.29. The Morgan fingerprint density at radius 2 is 2.03 bits per heavy atom. The maximum atomic E-state index is 11.5. The van der Waals surface area contributed by atoms with E-state index in [1.54, 1.807) is 10.7 Å². The zero-order chi connectivity index (χ0) is 21.5. The fourth-order valence-corrected chi connectivity index (χ4v) is 4.08. The van der Waals surface area contributed by atoms with Crippen molar-refractivity contribution in [2.24, 2.45) is 0 Å². The molecule has 1 aliphatic heterocycles. The van der Waals surface area contributed by atoms with E-state index in [9.17, 15) is 9.90 Å². The number of aromatic nitrogens is 5. The number of aryl methyl sites for hydroxylation is 2. The van der Waals surface area contributed by atoms with E-state index in [1.165, 1.54) is 0 Å². The molecule has 0 spiro atoms. The number of hydrogen-bond donors (Lipinski definition) is 2. The topological polar surface area (TPSA) is 97.9 Å². The van der Waals surface area contributed by atoms with Crippen molar-refractivity contribution in [2.75, 3.05) is 11.9 Å². The van der Waals surface area contributed by atoms with Crippen LogP contribution in [0.4, 0.5) is 5.82 Å². The van der Waals surface area contributed by atoms with Crippen LogP contribution in [0.2, 0.25) is 0 Å². The van der Waals surface area contributed by atoms with Crippen LogP contribution in [0.3, 0.4) is 0 Å². The van der Waals surface area contributed by atoms with Gasteiger partial charge in [-0.25, -0.2) is 14.5 Å². The second-order valence-electron chi connectivity index (χ2n) is 7.53. The Morgan fingerprint density at radius 1 is 1.19 bits per heavy atom. The fourth-order valence-electron chi connectivity index (χ4n) is 4.08. The van der Waals surface area contributed by atoms with Crippen LogP contribution in [0.15, 0.2) is 48.7 Å². The van der Waals surface area contributed by atoms with Crippen molar-refractivity contribution in [3.8, 4) is 28.3 Å². The second-order valence-corrected chi connectivity index (χ2v) is 7.53. The summed E-state index contributed by atoms with van der Waals surface area (Å²) in [6.45, 7) is 5.48. The van der Waals surface area contributed by atoms with Crippen LogP contribution in [0.5, 0.6) is 0 Å². The van der Waals surface area contributed by atoms with Crippen LogP contribution in [-0.2, 0) is 13.0 Å². The normalized spacial score (nSPS) is 12.3. The first-order valence-corrected chi connectivity index (χ1v) is 10.3. The van der Waals surface area contributed by atoms with Gasteiger partial charge in [0.25, 0.3) is 0 Å². The number of para-hydroxylation sites is 1. The maximum absolute atomic E-state index is 11.5. The van der Waals surface area contributed by atoms with Crippen molar-refractivity contribution < 1.29 is 9.90 Å². The zero-order valence-corrected chi connectivity index (χ0v) is 17.3. The number of fused-ring (bicyclic) bond motifs is 3. The van der Waals surface area contributed by atoms with Gasteiger partial charge in [0.05, 0.1) is 22.8 Å². The summed E-state index contributed by atoms with van der Waals surface area (Å²) in [6.07, 6.45) is 2.54. The van der Waals surface area contributed by atoms with Gasteiger partial charge in [-0.3, -0.25) is 4.68 Å². The van der Waals surface area contributed by atoms with Crippen LogP contribution in [0.1, 0.15) is 28.5 Å². The number of nitrogens with zero attached hydrogens (tertiary/aromatic N) is 5. The molecule has 0 saturated carbocycles. The van der Waals surface area contributed by atoms with E-state index in [0.29, 0.717) is 13.0 Å². The maximum Gasteiger partial charge on any atom is 0.356 e. The number of hydrogen-bond acceptors (Lipinski definition) is 5. The van der Waals surface area contributed by atoms with Crippen LogP contribution in [0, 0.1) is 6.92 Å². The minimum absolute atomic E-state index is 0.0404. The molecule has 0 bridgehead atoms. The molecule has 4 aromatic rings. The van der Waals surface area contributed by atoms with E-state index in [4.69, 9.17) is 5.10 Å². The van der Waals surface area contributed by atoms with Crippen molar-refractivity contribution in [1.82, 2.24) is 24.5 Å². The van der Waals surface area contributed by atoms with E-state index < -0.39 is 5.97 Å². The van der Waals surface area contributed by atoms with E-state index in [-0.39, 0.29) is 5.69 Å². The average molecular weight is 414 g/mol. The van der Waals surface area contributed by atoms with Crippen molar-refractivity contribution in [3.63, 3.8) is 0 Å². The van der Waals surface area contributed by atoms with Crippen molar-refractivity contribution in [1.29, 1.82) is 0 Å². The van der Waals surface area contributed by atoms with E-state index in [0.717, 1.165) is 51.8 Å². The summed E-state index contributed by atoms with van der Waals surface area (Å²) in [5.74, 6) is -0.212. The summed E-state index contributed by atoms with van der Waals surface area (Å²) in [5, 5.41) is 21.9. The lowest BCUT2D eigenvalue weighted by Gasteiger charge is -2.17. The molecule has 0 atom stereocenters. The van der Waals surface area contributed by atoms with Crippen LogP contribution in [0.25, 0.3) is 28.3 Å². The molecule has 0 fully saturated rings. The predicted octanol–water partition coefficient (Wildman–Crippen LogP) is 3.79. The van der Waals surface area contributed by atoms with Gasteiger partial charge in [0, 0.05) is 36.5 Å². The third-order valence-electron chi connectivity index (χ3n) is 5.54. The molecule has 31 heavy (non-hydrogen) atoms. The molecule has 4 heterocycles. The number of nitrogens with one attached hydrogen (secondary N) is 1. The minimum Gasteiger partial charge on any atom is -0.476 e. The molecule has 156 valence electrons. The number of benzene rings is 1. The van der Waals surface area contributed by atoms with Crippen LogP contribution in [-0.4, -0.2) is 42.2 Å². The molecule has 0 amide bonds. The minimum atomic E-state index is -1.03. The van der Waals surface area contributed by atoms with Gasteiger partial charge in [-0.2, -0.15) is 10.2 Å². The third kappa shape index (κ3) is 3.16. The zero-order valence-electron chi connectivity index (χ0n) is 17.3. The van der Waals surface area contributed by atoms with E-state index >= 15 is 0 Å². The first kappa shape index (κ1) is 19.0. The molecule has 2 N–H and O–H groups in total. The quantitative estimate of drug-likeness (QED) is 0.516. The van der Waals surface area contributed by atoms with Crippen LogP contribution < -0.4 is 5.32 Å². The number of pyridine rings is 1. The van der Waals surface area contributed by atoms with Gasteiger partial charge in [-0.05, 0) is 44.0 Å². The molecule has 1 aliphatic rings. The van der Waals surface area contributed by atoms with Crippen molar-refractivity contribution >= 4 is 11.8 Å². The molecule has 8 heteroatoms. The van der Waals surface area contributed by atoms with Gasteiger partial charge >= 0.3 is 5.97 Å². The van der Waals surface area contributed by atoms with Crippen molar-refractivity contribution in [3.05, 3.63) is 65.5 Å². The first-order chi connectivity index (χ1) is 15.1.